The van der Waals surface area contributed by atoms with E-state index in [1.54, 1.807) is 34.5 Å². The van der Waals surface area contributed by atoms with E-state index in [-0.39, 0.29) is 11.8 Å². The highest BCUT2D eigenvalue weighted by molar-refractivity contribution is 5.60. The molecule has 1 N–H and O–H groups in total. The molecule has 2 heterocycles. The third-order valence-corrected chi connectivity index (χ3v) is 5.70. The third-order valence-electron chi connectivity index (χ3n) is 5.70. The molecule has 0 aromatic heterocycles. The summed E-state index contributed by atoms with van der Waals surface area (Å²) < 4.78 is 22.0. The Hall–Kier alpha value is -2.60. The molecule has 0 amide bonds. The molecule has 0 radical (unpaired) electrons. The van der Waals surface area contributed by atoms with Gasteiger partial charge in [0.15, 0.2) is 23.0 Å². The zero-order valence-corrected chi connectivity index (χ0v) is 16.2. The Bertz CT molecular complexity index is 880. The van der Waals surface area contributed by atoms with Crippen molar-refractivity contribution in [2.24, 2.45) is 0 Å². The predicted octanol–water partition coefficient (Wildman–Crippen LogP) is 3.08. The standard InChI is InChI=1S/C21H25NO5/c1-24-18-8-12-5-6-22-11-13-7-17(23)21(27-4)20(26-3)15(13)9-16(22)14(12)10-19(18)25-2/h7-8,10,16,23H,5-6,9,11H2,1-4H3. The molecule has 1 atom stereocenters. The summed E-state index contributed by atoms with van der Waals surface area (Å²) in [6, 6.07) is 6.22. The minimum Gasteiger partial charge on any atom is -0.504 e. The Labute approximate surface area is 159 Å². The van der Waals surface area contributed by atoms with Crippen molar-refractivity contribution in [1.82, 2.24) is 4.90 Å². The van der Waals surface area contributed by atoms with Crippen LogP contribution in [0.5, 0.6) is 28.7 Å². The molecule has 0 saturated carbocycles. The molecule has 144 valence electrons. The SMILES string of the molecule is COc1cc2c(cc1OC)C1Cc3c(cc(O)c(OC)c3OC)CN1CC2. The Morgan fingerprint density at radius 3 is 2.26 bits per heavy atom. The summed E-state index contributed by atoms with van der Waals surface area (Å²) in [5, 5.41) is 10.3. The number of methoxy groups -OCH3 is 4. The zero-order chi connectivity index (χ0) is 19.1. The van der Waals surface area contributed by atoms with Gasteiger partial charge in [-0.1, -0.05) is 0 Å². The van der Waals surface area contributed by atoms with Gasteiger partial charge >= 0.3 is 0 Å². The van der Waals surface area contributed by atoms with Gasteiger partial charge < -0.3 is 24.1 Å². The maximum Gasteiger partial charge on any atom is 0.203 e. The lowest BCUT2D eigenvalue weighted by Crippen LogP contribution is -2.39. The molecule has 6 nitrogen and oxygen atoms in total. The summed E-state index contributed by atoms with van der Waals surface area (Å²) in [6.07, 6.45) is 1.75. The highest BCUT2D eigenvalue weighted by Gasteiger charge is 2.35. The minimum atomic E-state index is 0.121. The molecular weight excluding hydrogens is 346 g/mol. The van der Waals surface area contributed by atoms with Gasteiger partial charge in [-0.25, -0.2) is 0 Å². The number of fused-ring (bicyclic) bond motifs is 4. The fourth-order valence-electron chi connectivity index (χ4n) is 4.42. The van der Waals surface area contributed by atoms with Gasteiger partial charge in [-0.2, -0.15) is 0 Å². The van der Waals surface area contributed by atoms with Crippen molar-refractivity contribution in [3.05, 3.63) is 40.5 Å². The van der Waals surface area contributed by atoms with Gasteiger partial charge in [0, 0.05) is 24.7 Å². The number of benzene rings is 2. The molecule has 0 aliphatic carbocycles. The van der Waals surface area contributed by atoms with Crippen LogP contribution in [-0.2, 0) is 19.4 Å². The van der Waals surface area contributed by atoms with Crippen molar-refractivity contribution < 1.29 is 24.1 Å². The van der Waals surface area contributed by atoms with E-state index in [4.69, 9.17) is 18.9 Å². The molecule has 2 aromatic rings. The zero-order valence-electron chi connectivity index (χ0n) is 16.2. The van der Waals surface area contributed by atoms with Crippen LogP contribution in [0.3, 0.4) is 0 Å². The Balaban J connectivity index is 1.81. The average molecular weight is 371 g/mol. The number of ether oxygens (including phenoxy) is 4. The first-order chi connectivity index (χ1) is 13.1. The van der Waals surface area contributed by atoms with Crippen LogP contribution in [0.4, 0.5) is 0 Å². The molecule has 2 aliphatic heterocycles. The highest BCUT2D eigenvalue weighted by Crippen LogP contribution is 2.48. The second-order valence-corrected chi connectivity index (χ2v) is 6.95. The second kappa shape index (κ2) is 6.85. The van der Waals surface area contributed by atoms with Crippen LogP contribution in [0.1, 0.15) is 28.3 Å². The van der Waals surface area contributed by atoms with E-state index in [0.717, 1.165) is 48.6 Å². The number of nitrogens with zero attached hydrogens (tertiary/aromatic N) is 1. The van der Waals surface area contributed by atoms with Gasteiger partial charge in [0.25, 0.3) is 0 Å². The minimum absolute atomic E-state index is 0.121. The molecule has 2 aliphatic rings. The number of aromatic hydroxyl groups is 1. The first-order valence-corrected chi connectivity index (χ1v) is 9.05. The maximum absolute atomic E-state index is 10.3. The lowest BCUT2D eigenvalue weighted by atomic mass is 9.83. The maximum atomic E-state index is 10.3. The summed E-state index contributed by atoms with van der Waals surface area (Å²) in [5.41, 5.74) is 4.74. The van der Waals surface area contributed by atoms with Crippen LogP contribution < -0.4 is 18.9 Å². The molecule has 6 heteroatoms. The topological polar surface area (TPSA) is 60.4 Å². The van der Waals surface area contributed by atoms with Crippen LogP contribution >= 0.6 is 0 Å². The molecule has 0 fully saturated rings. The summed E-state index contributed by atoms with van der Waals surface area (Å²) >= 11 is 0. The Morgan fingerprint density at radius 2 is 1.59 bits per heavy atom. The largest absolute Gasteiger partial charge is 0.504 e. The van der Waals surface area contributed by atoms with E-state index < -0.39 is 0 Å². The Kier molecular flexibility index (Phi) is 4.52. The Morgan fingerprint density at radius 1 is 0.889 bits per heavy atom. The predicted molar refractivity (Wildman–Crippen MR) is 101 cm³/mol. The highest BCUT2D eigenvalue weighted by atomic mass is 16.5. The van der Waals surface area contributed by atoms with Crippen molar-refractivity contribution in [1.29, 1.82) is 0 Å². The van der Waals surface area contributed by atoms with E-state index in [9.17, 15) is 5.11 Å². The number of rotatable bonds is 4. The first-order valence-electron chi connectivity index (χ1n) is 9.05. The van der Waals surface area contributed by atoms with Gasteiger partial charge in [0.05, 0.1) is 28.4 Å². The molecule has 4 rings (SSSR count). The molecule has 2 aromatic carbocycles. The van der Waals surface area contributed by atoms with E-state index in [2.05, 4.69) is 17.0 Å². The molecule has 0 saturated heterocycles. The lowest BCUT2D eigenvalue weighted by Gasteiger charge is -2.42. The van der Waals surface area contributed by atoms with Crippen molar-refractivity contribution in [3.8, 4) is 28.7 Å². The van der Waals surface area contributed by atoms with Gasteiger partial charge in [-0.15, -0.1) is 0 Å². The quantitative estimate of drug-likeness (QED) is 0.891. The summed E-state index contributed by atoms with van der Waals surface area (Å²) in [4.78, 5) is 2.45. The third kappa shape index (κ3) is 2.75. The van der Waals surface area contributed by atoms with E-state index >= 15 is 0 Å². The van der Waals surface area contributed by atoms with E-state index in [0.29, 0.717) is 11.5 Å². The first kappa shape index (κ1) is 17.8. The normalized spacial score (nSPS) is 18.1. The molecule has 0 bridgehead atoms. The van der Waals surface area contributed by atoms with Gasteiger partial charge in [0.1, 0.15) is 0 Å². The average Bonchev–Trinajstić information content (AvgIpc) is 2.70. The summed E-state index contributed by atoms with van der Waals surface area (Å²) in [6.45, 7) is 1.73. The van der Waals surface area contributed by atoms with Crippen LogP contribution in [0.2, 0.25) is 0 Å². The van der Waals surface area contributed by atoms with Crippen molar-refractivity contribution >= 4 is 0 Å². The number of hydrogen-bond donors (Lipinski definition) is 1. The fraction of sp³-hybridized carbons (Fsp3) is 0.429. The fourth-order valence-corrected chi connectivity index (χ4v) is 4.42. The lowest BCUT2D eigenvalue weighted by molar-refractivity contribution is 0.157. The number of phenols is 1. The van der Waals surface area contributed by atoms with Gasteiger partial charge in [-0.05, 0) is 47.7 Å². The van der Waals surface area contributed by atoms with Crippen molar-refractivity contribution in [3.63, 3.8) is 0 Å². The van der Waals surface area contributed by atoms with Crippen LogP contribution in [0.15, 0.2) is 18.2 Å². The van der Waals surface area contributed by atoms with Crippen LogP contribution in [0, 0.1) is 0 Å². The number of phenolic OH excluding ortho intramolecular Hbond substituents is 1. The van der Waals surface area contributed by atoms with E-state index in [1.807, 2.05) is 0 Å². The van der Waals surface area contributed by atoms with Crippen molar-refractivity contribution in [2.75, 3.05) is 35.0 Å². The molecule has 1 unspecified atom stereocenters. The van der Waals surface area contributed by atoms with Gasteiger partial charge in [0.2, 0.25) is 5.75 Å². The van der Waals surface area contributed by atoms with Crippen LogP contribution in [-0.4, -0.2) is 45.0 Å². The summed E-state index contributed by atoms with van der Waals surface area (Å²) in [5.74, 6) is 2.66. The molecular formula is C21H25NO5. The molecule has 0 spiro atoms. The van der Waals surface area contributed by atoms with Crippen molar-refractivity contribution in [2.45, 2.75) is 25.4 Å². The summed E-state index contributed by atoms with van der Waals surface area (Å²) in [7, 11) is 6.50. The van der Waals surface area contributed by atoms with Crippen LogP contribution in [0.25, 0.3) is 0 Å². The monoisotopic (exact) mass is 371 g/mol. The smallest absolute Gasteiger partial charge is 0.203 e. The second-order valence-electron chi connectivity index (χ2n) is 6.95. The number of hydrogen-bond acceptors (Lipinski definition) is 6. The van der Waals surface area contributed by atoms with Gasteiger partial charge in [-0.3, -0.25) is 4.90 Å². The molecule has 27 heavy (non-hydrogen) atoms. The van der Waals surface area contributed by atoms with E-state index in [1.165, 1.54) is 11.1 Å².